The van der Waals surface area contributed by atoms with Gasteiger partial charge in [-0.15, -0.1) is 0 Å². The molecule has 0 aromatic carbocycles. The molecule has 1 atom stereocenters. The van der Waals surface area contributed by atoms with Gasteiger partial charge in [-0.05, 0) is 26.7 Å². The van der Waals surface area contributed by atoms with Crippen molar-refractivity contribution in [3.63, 3.8) is 0 Å². The molecule has 1 aliphatic carbocycles. The molecule has 1 aromatic heterocycles. The minimum atomic E-state index is -0.148. The summed E-state index contributed by atoms with van der Waals surface area (Å²) < 4.78 is 7.96. The lowest BCUT2D eigenvalue weighted by Gasteiger charge is -2.21. The minimum absolute atomic E-state index is 0.148. The van der Waals surface area contributed by atoms with Crippen molar-refractivity contribution in [1.82, 2.24) is 4.57 Å². The molecule has 2 radical (unpaired) electrons. The Morgan fingerprint density at radius 3 is 2.82 bits per heavy atom. The average Bonchev–Trinajstić information content (AvgIpc) is 2.39. The van der Waals surface area contributed by atoms with Crippen LogP contribution in [0.5, 0.6) is 0 Å². The first-order valence-electron chi connectivity index (χ1n) is 6.39. The highest BCUT2D eigenvalue weighted by molar-refractivity contribution is 6.15. The molecule has 2 rings (SSSR count). The van der Waals surface area contributed by atoms with E-state index in [2.05, 4.69) is 30.3 Å². The fraction of sp³-hybridized carbons (Fsp3) is 0.769. The fourth-order valence-corrected chi connectivity index (χ4v) is 2.43. The average molecular weight is 232 g/mol. The van der Waals surface area contributed by atoms with Gasteiger partial charge in [-0.1, -0.05) is 18.7 Å². The normalized spacial score (nSPS) is 26.1. The Morgan fingerprint density at radius 2 is 2.18 bits per heavy atom. The first-order valence-corrected chi connectivity index (χ1v) is 6.39. The largest absolute Gasteiger partial charge is 0.428 e. The van der Waals surface area contributed by atoms with Gasteiger partial charge in [0.15, 0.2) is 0 Å². The zero-order valence-corrected chi connectivity index (χ0v) is 11.3. The van der Waals surface area contributed by atoms with Gasteiger partial charge < -0.3 is 4.42 Å². The number of hydrogen-bond donors (Lipinski definition) is 0. The summed E-state index contributed by atoms with van der Waals surface area (Å²) in [5, 5.41) is -0.148. The van der Waals surface area contributed by atoms with E-state index in [-0.39, 0.29) is 11.4 Å². The van der Waals surface area contributed by atoms with Crippen molar-refractivity contribution in [3.8, 4) is 0 Å². The van der Waals surface area contributed by atoms with E-state index < -0.39 is 0 Å². The number of rotatable bonds is 1. The Balaban J connectivity index is 2.46. The Kier molecular flexibility index (Phi) is 3.24. The Morgan fingerprint density at radius 1 is 1.47 bits per heavy atom. The summed E-state index contributed by atoms with van der Waals surface area (Å²) >= 11 is 0. The van der Waals surface area contributed by atoms with E-state index >= 15 is 0 Å². The number of hydrogen-bond acceptors (Lipinski definition) is 2. The van der Waals surface area contributed by atoms with Crippen LogP contribution in [-0.4, -0.2) is 18.5 Å². The van der Waals surface area contributed by atoms with Crippen LogP contribution in [0.3, 0.4) is 0 Å². The molecular weight excluding hydrogens is 211 g/mol. The Bertz CT molecular complexity index is 468. The van der Waals surface area contributed by atoms with Crippen molar-refractivity contribution in [3.05, 3.63) is 17.1 Å². The van der Waals surface area contributed by atoms with Crippen LogP contribution in [0.4, 0.5) is 0 Å². The van der Waals surface area contributed by atoms with E-state index in [9.17, 15) is 0 Å². The van der Waals surface area contributed by atoms with Crippen LogP contribution in [-0.2, 0) is 19.9 Å². The van der Waals surface area contributed by atoms with Crippen molar-refractivity contribution in [2.45, 2.75) is 57.8 Å². The first-order chi connectivity index (χ1) is 7.89. The van der Waals surface area contributed by atoms with Gasteiger partial charge in [-0.25, -0.2) is 4.99 Å². The summed E-state index contributed by atoms with van der Waals surface area (Å²) in [6.45, 7) is 6.21. The second kappa shape index (κ2) is 4.39. The Hall–Kier alpha value is -0.925. The lowest BCUT2D eigenvalue weighted by atomic mass is 9.65. The molecular formula is C13H21BN2O. The minimum Gasteiger partial charge on any atom is -0.428 e. The van der Waals surface area contributed by atoms with E-state index in [1.54, 1.807) is 0 Å². The summed E-state index contributed by atoms with van der Waals surface area (Å²) in [7, 11) is 8.28. The van der Waals surface area contributed by atoms with Crippen molar-refractivity contribution >= 4 is 7.85 Å². The molecule has 1 aliphatic rings. The highest BCUT2D eigenvalue weighted by atomic mass is 16.4. The van der Waals surface area contributed by atoms with Gasteiger partial charge in [-0.2, -0.15) is 0 Å². The number of oxazole rings is 1. The molecule has 92 valence electrons. The van der Waals surface area contributed by atoms with E-state index in [1.807, 2.05) is 7.05 Å². The zero-order chi connectivity index (χ0) is 12.6. The molecule has 4 heteroatoms. The predicted octanol–water partition coefficient (Wildman–Crippen LogP) is 2.15. The molecule has 17 heavy (non-hydrogen) atoms. The lowest BCUT2D eigenvalue weighted by Crippen LogP contribution is -2.17. The maximum atomic E-state index is 6.25. The van der Waals surface area contributed by atoms with Crippen LogP contribution in [0.1, 0.15) is 45.1 Å². The third-order valence-electron chi connectivity index (χ3n) is 3.32. The van der Waals surface area contributed by atoms with Gasteiger partial charge in [0.05, 0.1) is 13.5 Å². The van der Waals surface area contributed by atoms with Crippen LogP contribution in [0.15, 0.2) is 9.41 Å². The van der Waals surface area contributed by atoms with Gasteiger partial charge in [0.1, 0.15) is 5.76 Å². The predicted molar refractivity (Wildman–Crippen MR) is 69.1 cm³/mol. The fourth-order valence-electron chi connectivity index (χ4n) is 2.43. The summed E-state index contributed by atoms with van der Waals surface area (Å²) in [5.74, 6) is 1.02. The molecule has 3 nitrogen and oxygen atoms in total. The van der Waals surface area contributed by atoms with Crippen LogP contribution in [0, 0.1) is 0 Å². The lowest BCUT2D eigenvalue weighted by molar-refractivity contribution is 0.405. The molecule has 0 bridgehead atoms. The number of aromatic nitrogens is 1. The number of fused-ring (bicyclic) bond motifs is 1. The van der Waals surface area contributed by atoms with Crippen LogP contribution in [0.2, 0.25) is 5.31 Å². The third-order valence-corrected chi connectivity index (χ3v) is 3.32. The summed E-state index contributed by atoms with van der Waals surface area (Å²) in [6.07, 6.45) is 4.02. The topological polar surface area (TPSA) is 30.4 Å². The van der Waals surface area contributed by atoms with E-state index in [0.717, 1.165) is 37.1 Å². The van der Waals surface area contributed by atoms with Gasteiger partial charge in [-0.3, -0.25) is 4.57 Å². The quantitative estimate of drug-likeness (QED) is 0.539. The maximum Gasteiger partial charge on any atom is 0.297 e. The van der Waals surface area contributed by atoms with Crippen molar-refractivity contribution in [2.24, 2.45) is 12.0 Å². The van der Waals surface area contributed by atoms with Crippen molar-refractivity contribution in [1.29, 1.82) is 0 Å². The molecule has 0 spiro atoms. The molecule has 1 unspecified atom stereocenters. The summed E-state index contributed by atoms with van der Waals surface area (Å²) in [6, 6.07) is 0.250. The highest BCUT2D eigenvalue weighted by Crippen LogP contribution is 2.36. The van der Waals surface area contributed by atoms with Crippen molar-refractivity contribution in [2.75, 3.05) is 0 Å². The zero-order valence-electron chi connectivity index (χ0n) is 11.3. The summed E-state index contributed by atoms with van der Waals surface area (Å²) in [5.41, 5.74) is 1.99. The van der Waals surface area contributed by atoms with Crippen molar-refractivity contribution < 1.29 is 4.42 Å². The molecule has 0 fully saturated rings. The second-order valence-electron chi connectivity index (χ2n) is 5.72. The molecule has 0 N–H and O–H groups in total. The maximum absolute atomic E-state index is 6.25. The summed E-state index contributed by atoms with van der Waals surface area (Å²) in [4.78, 5) is 4.50. The molecule has 0 aliphatic heterocycles. The van der Waals surface area contributed by atoms with Crippen LogP contribution < -0.4 is 5.68 Å². The molecule has 1 aromatic rings. The smallest absolute Gasteiger partial charge is 0.297 e. The van der Waals surface area contributed by atoms with E-state index in [1.165, 1.54) is 5.69 Å². The highest BCUT2D eigenvalue weighted by Gasteiger charge is 2.26. The van der Waals surface area contributed by atoms with E-state index in [0.29, 0.717) is 0 Å². The van der Waals surface area contributed by atoms with Gasteiger partial charge >= 0.3 is 0 Å². The SMILES string of the molecule is [B]C1(C)CCCc2c(oc(=NC(C)C)n2C)C1. The Labute approximate surface area is 104 Å². The molecule has 0 saturated heterocycles. The molecule has 0 amide bonds. The monoisotopic (exact) mass is 232 g/mol. The molecule has 1 heterocycles. The standard InChI is InChI=1S/C13H21BN2O/c1-9(2)15-12-16(4)10-6-5-7-13(3,14)8-11(10)17-12/h9H,5-8H2,1-4H3. The second-order valence-corrected chi connectivity index (χ2v) is 5.72. The third kappa shape index (κ3) is 2.67. The molecule has 0 saturated carbocycles. The van der Waals surface area contributed by atoms with E-state index in [4.69, 9.17) is 12.3 Å². The van der Waals surface area contributed by atoms with Gasteiger partial charge in [0.2, 0.25) is 0 Å². The van der Waals surface area contributed by atoms with Crippen LogP contribution >= 0.6 is 0 Å². The van der Waals surface area contributed by atoms with Gasteiger partial charge in [0.25, 0.3) is 5.68 Å². The first kappa shape index (κ1) is 12.5. The van der Waals surface area contributed by atoms with Gasteiger partial charge in [0, 0.05) is 19.5 Å². The number of nitrogens with zero attached hydrogens (tertiary/aromatic N) is 2. The van der Waals surface area contributed by atoms with Crippen LogP contribution in [0.25, 0.3) is 0 Å².